The second-order valence-electron chi connectivity index (χ2n) is 10.7. The van der Waals surface area contributed by atoms with Gasteiger partial charge in [-0.25, -0.2) is 4.98 Å². The summed E-state index contributed by atoms with van der Waals surface area (Å²) in [6, 6.07) is 34.9. The number of aromatic nitrogens is 1. The van der Waals surface area contributed by atoms with Gasteiger partial charge in [0.05, 0.1) is 16.5 Å². The molecular weight excluding hydrogens is 520 g/mol. The van der Waals surface area contributed by atoms with Gasteiger partial charge >= 0.3 is 0 Å². The van der Waals surface area contributed by atoms with Crippen LogP contribution in [-0.4, -0.2) is 4.98 Å². The Labute approximate surface area is 240 Å². The molecule has 5 aromatic carbocycles. The molecule has 0 saturated carbocycles. The summed E-state index contributed by atoms with van der Waals surface area (Å²) < 4.78 is 18.8. The molecule has 3 aromatic heterocycles. The van der Waals surface area contributed by atoms with Crippen LogP contribution in [0.2, 0.25) is 0 Å². The molecule has 3 heterocycles. The minimum Gasteiger partial charge on any atom is -0.456 e. The van der Waals surface area contributed by atoms with Gasteiger partial charge in [-0.05, 0) is 79.6 Å². The highest BCUT2D eigenvalue weighted by atomic mass is 16.4. The van der Waals surface area contributed by atoms with Crippen LogP contribution < -0.4 is 4.90 Å². The van der Waals surface area contributed by atoms with Crippen LogP contribution in [0.5, 0.6) is 0 Å². The molecule has 0 fully saturated rings. The van der Waals surface area contributed by atoms with Crippen LogP contribution in [0.1, 0.15) is 12.8 Å². The number of oxazole rings is 1. The minimum atomic E-state index is 0.600. The maximum Gasteiger partial charge on any atom is 0.227 e. The average Bonchev–Trinajstić information content (AvgIpc) is 3.75. The molecule has 0 atom stereocenters. The first-order valence-corrected chi connectivity index (χ1v) is 14.2. The third-order valence-electron chi connectivity index (χ3n) is 8.15. The molecular formula is C37H24N2O3. The SMILES string of the molecule is C1=CCCC(N(c2ccc3oc4ccc5oc(-c6ccccc6)nc5c4c3c2)c2cccc3oc4ccccc4c23)=C1. The lowest BCUT2D eigenvalue weighted by molar-refractivity contribution is 0.619. The van der Waals surface area contributed by atoms with Gasteiger partial charge in [-0.1, -0.05) is 54.6 Å². The van der Waals surface area contributed by atoms with Crippen LogP contribution in [0.25, 0.3) is 66.4 Å². The van der Waals surface area contributed by atoms with E-state index in [4.69, 9.17) is 18.2 Å². The fraction of sp³-hybridized carbons (Fsp3) is 0.0541. The van der Waals surface area contributed by atoms with E-state index in [-0.39, 0.29) is 0 Å². The Balaban J connectivity index is 1.30. The highest BCUT2D eigenvalue weighted by Crippen LogP contribution is 2.44. The van der Waals surface area contributed by atoms with Crippen LogP contribution in [0, 0.1) is 0 Å². The Morgan fingerprint density at radius 3 is 2.26 bits per heavy atom. The number of furan rings is 2. The van der Waals surface area contributed by atoms with Crippen molar-refractivity contribution >= 4 is 66.4 Å². The molecule has 1 aliphatic carbocycles. The van der Waals surface area contributed by atoms with E-state index in [1.54, 1.807) is 0 Å². The van der Waals surface area contributed by atoms with Crippen molar-refractivity contribution in [1.82, 2.24) is 4.98 Å². The van der Waals surface area contributed by atoms with Gasteiger partial charge in [-0.2, -0.15) is 0 Å². The summed E-state index contributed by atoms with van der Waals surface area (Å²) in [5.41, 5.74) is 9.20. The fourth-order valence-corrected chi connectivity index (χ4v) is 6.26. The van der Waals surface area contributed by atoms with Crippen LogP contribution in [0.3, 0.4) is 0 Å². The van der Waals surface area contributed by atoms with Crippen molar-refractivity contribution in [2.75, 3.05) is 4.90 Å². The zero-order valence-corrected chi connectivity index (χ0v) is 22.6. The van der Waals surface area contributed by atoms with E-state index in [9.17, 15) is 0 Å². The van der Waals surface area contributed by atoms with Crippen molar-refractivity contribution in [2.24, 2.45) is 0 Å². The number of rotatable bonds is 4. The molecule has 0 saturated heterocycles. The van der Waals surface area contributed by atoms with E-state index in [2.05, 4.69) is 65.6 Å². The smallest absolute Gasteiger partial charge is 0.227 e. The zero-order valence-electron chi connectivity index (χ0n) is 22.6. The molecule has 9 rings (SSSR count). The molecule has 0 N–H and O–H groups in total. The highest BCUT2D eigenvalue weighted by molar-refractivity contribution is 6.18. The molecule has 0 aliphatic heterocycles. The van der Waals surface area contributed by atoms with E-state index in [0.29, 0.717) is 5.89 Å². The largest absolute Gasteiger partial charge is 0.456 e. The van der Waals surface area contributed by atoms with Crippen LogP contribution in [0.4, 0.5) is 11.4 Å². The van der Waals surface area contributed by atoms with Crippen molar-refractivity contribution in [3.8, 4) is 11.5 Å². The lowest BCUT2D eigenvalue weighted by atomic mass is 10.0. The van der Waals surface area contributed by atoms with Crippen LogP contribution in [-0.2, 0) is 0 Å². The fourth-order valence-electron chi connectivity index (χ4n) is 6.26. The van der Waals surface area contributed by atoms with Gasteiger partial charge in [0.15, 0.2) is 5.58 Å². The minimum absolute atomic E-state index is 0.600. The summed E-state index contributed by atoms with van der Waals surface area (Å²) in [6.45, 7) is 0. The molecule has 0 spiro atoms. The summed E-state index contributed by atoms with van der Waals surface area (Å²) in [6.07, 6.45) is 8.50. The number of nitrogens with zero attached hydrogens (tertiary/aromatic N) is 2. The van der Waals surface area contributed by atoms with E-state index in [1.807, 2.05) is 60.7 Å². The molecule has 0 radical (unpaired) electrons. The third kappa shape index (κ3) is 3.47. The summed E-state index contributed by atoms with van der Waals surface area (Å²) in [7, 11) is 0. The summed E-state index contributed by atoms with van der Waals surface area (Å²) >= 11 is 0. The van der Waals surface area contributed by atoms with Crippen molar-refractivity contribution in [3.05, 3.63) is 127 Å². The first-order chi connectivity index (χ1) is 20.8. The van der Waals surface area contributed by atoms with E-state index in [1.165, 1.54) is 5.70 Å². The molecule has 0 bridgehead atoms. The third-order valence-corrected chi connectivity index (χ3v) is 8.15. The molecule has 1 aliphatic rings. The maximum atomic E-state index is 6.34. The summed E-state index contributed by atoms with van der Waals surface area (Å²) in [5, 5.41) is 4.17. The molecule has 200 valence electrons. The van der Waals surface area contributed by atoms with E-state index < -0.39 is 0 Å². The molecule has 0 unspecified atom stereocenters. The lowest BCUT2D eigenvalue weighted by Gasteiger charge is -2.29. The first-order valence-electron chi connectivity index (χ1n) is 14.2. The predicted molar refractivity (Wildman–Crippen MR) is 169 cm³/mol. The molecule has 5 nitrogen and oxygen atoms in total. The molecule has 5 heteroatoms. The standard InChI is InChI=1S/C37H24N2O3/c1-3-10-23(11-4-1)37-38-36-33(42-37)21-20-32-35(36)27-22-25(18-19-30(27)41-32)39(24-12-5-2-6-13-24)28-15-9-17-31-34(28)26-14-7-8-16-29(26)40-31/h1-5,7-12,14-22H,6,13H2. The number of fused-ring (bicyclic) bond motifs is 8. The van der Waals surface area contributed by atoms with E-state index >= 15 is 0 Å². The number of hydrogen-bond donors (Lipinski definition) is 0. The Hall–Kier alpha value is -5.55. The van der Waals surface area contributed by atoms with Crippen molar-refractivity contribution in [1.29, 1.82) is 0 Å². The second-order valence-corrected chi connectivity index (χ2v) is 10.7. The summed E-state index contributed by atoms with van der Waals surface area (Å²) in [4.78, 5) is 7.32. The van der Waals surface area contributed by atoms with E-state index in [0.717, 1.165) is 84.8 Å². The van der Waals surface area contributed by atoms with Gasteiger partial charge in [-0.3, -0.25) is 0 Å². The Morgan fingerprint density at radius 2 is 1.38 bits per heavy atom. The Morgan fingerprint density at radius 1 is 0.619 bits per heavy atom. The van der Waals surface area contributed by atoms with Crippen molar-refractivity contribution in [3.63, 3.8) is 0 Å². The van der Waals surface area contributed by atoms with Gasteiger partial charge in [-0.15, -0.1) is 0 Å². The number of para-hydroxylation sites is 1. The maximum absolute atomic E-state index is 6.34. The van der Waals surface area contributed by atoms with Crippen LogP contribution >= 0.6 is 0 Å². The topological polar surface area (TPSA) is 55.6 Å². The van der Waals surface area contributed by atoms with Gasteiger partial charge in [0.1, 0.15) is 27.8 Å². The average molecular weight is 545 g/mol. The normalized spacial score (nSPS) is 13.6. The summed E-state index contributed by atoms with van der Waals surface area (Å²) in [5.74, 6) is 0.600. The predicted octanol–water partition coefficient (Wildman–Crippen LogP) is 10.7. The number of allylic oxidation sites excluding steroid dienone is 4. The molecule has 0 amide bonds. The molecule has 8 aromatic rings. The van der Waals surface area contributed by atoms with Gasteiger partial charge in [0.25, 0.3) is 0 Å². The second kappa shape index (κ2) is 8.98. The Kier molecular flexibility index (Phi) is 4.96. The lowest BCUT2D eigenvalue weighted by Crippen LogP contribution is -2.17. The number of hydrogen-bond acceptors (Lipinski definition) is 5. The number of anilines is 2. The van der Waals surface area contributed by atoms with Gasteiger partial charge in [0, 0.05) is 27.7 Å². The van der Waals surface area contributed by atoms with Crippen molar-refractivity contribution in [2.45, 2.75) is 12.8 Å². The quantitative estimate of drug-likeness (QED) is 0.221. The number of benzene rings is 5. The highest BCUT2D eigenvalue weighted by Gasteiger charge is 2.23. The van der Waals surface area contributed by atoms with Gasteiger partial charge < -0.3 is 18.2 Å². The van der Waals surface area contributed by atoms with Crippen LogP contribution in [0.15, 0.2) is 140 Å². The monoisotopic (exact) mass is 544 g/mol. The van der Waals surface area contributed by atoms with Crippen molar-refractivity contribution < 1.29 is 13.3 Å². The molecule has 42 heavy (non-hydrogen) atoms. The van der Waals surface area contributed by atoms with Gasteiger partial charge in [0.2, 0.25) is 5.89 Å². The Bertz CT molecular complexity index is 2370. The first kappa shape index (κ1) is 23.2. The zero-order chi connectivity index (χ0) is 27.6.